The third kappa shape index (κ3) is 3.18. The summed E-state index contributed by atoms with van der Waals surface area (Å²) in [5.74, 6) is 1.15. The Morgan fingerprint density at radius 2 is 1.92 bits per heavy atom. The molecule has 0 aliphatic carbocycles. The third-order valence-corrected chi connectivity index (χ3v) is 3.67. The Morgan fingerprint density at radius 3 is 2.58 bits per heavy atom. The molecule has 2 aromatic heterocycles. The fraction of sp³-hybridized carbons (Fsp3) is 0.167. The van der Waals surface area contributed by atoms with Gasteiger partial charge in [-0.3, -0.25) is 9.36 Å². The lowest BCUT2D eigenvalue weighted by Gasteiger charge is -2.17. The molecule has 6 heteroatoms. The number of rotatable bonds is 5. The number of hydrogen-bond donors (Lipinski definition) is 1. The average molecular weight is 322 g/mol. The highest BCUT2D eigenvalue weighted by molar-refractivity contribution is 5.96. The summed E-state index contributed by atoms with van der Waals surface area (Å²) in [5, 5.41) is 2.90. The van der Waals surface area contributed by atoms with Gasteiger partial charge in [-0.2, -0.15) is 0 Å². The number of aryl methyl sites for hydroxylation is 1. The number of hydrogen-bond acceptors (Lipinski definition) is 4. The van der Waals surface area contributed by atoms with Crippen LogP contribution in [0.25, 0.3) is 5.82 Å². The fourth-order valence-electron chi connectivity index (χ4n) is 2.51. The summed E-state index contributed by atoms with van der Waals surface area (Å²) in [6, 6.07) is 12.9. The number of amides is 1. The van der Waals surface area contributed by atoms with E-state index in [1.165, 1.54) is 7.11 Å². The Kier molecular flexibility index (Phi) is 4.67. The van der Waals surface area contributed by atoms with Crippen molar-refractivity contribution in [1.82, 2.24) is 14.5 Å². The lowest BCUT2D eigenvalue weighted by molar-refractivity contribution is -0.126. The van der Waals surface area contributed by atoms with Crippen molar-refractivity contribution in [2.24, 2.45) is 0 Å². The summed E-state index contributed by atoms with van der Waals surface area (Å²) in [7, 11) is 1.52. The molecule has 0 saturated heterocycles. The van der Waals surface area contributed by atoms with E-state index in [9.17, 15) is 4.79 Å². The molecule has 3 aromatic rings. The van der Waals surface area contributed by atoms with Crippen LogP contribution in [0.5, 0.6) is 0 Å². The number of aromatic nitrogens is 3. The van der Waals surface area contributed by atoms with E-state index in [0.29, 0.717) is 11.5 Å². The second-order valence-corrected chi connectivity index (χ2v) is 5.23. The first-order valence-corrected chi connectivity index (χ1v) is 7.54. The maximum absolute atomic E-state index is 12.7. The molecule has 1 N–H and O–H groups in total. The molecule has 0 aliphatic heterocycles. The Bertz CT molecular complexity index is 830. The molecule has 0 bridgehead atoms. The second-order valence-electron chi connectivity index (χ2n) is 5.23. The molecule has 0 radical (unpaired) electrons. The normalized spacial score (nSPS) is 11.9. The number of carbonyl (C=O) groups is 1. The number of benzene rings is 1. The van der Waals surface area contributed by atoms with Crippen LogP contribution in [0.15, 0.2) is 61.1 Å². The maximum Gasteiger partial charge on any atom is 0.258 e. The Labute approximate surface area is 140 Å². The molecule has 3 rings (SSSR count). The maximum atomic E-state index is 12.7. The van der Waals surface area contributed by atoms with Gasteiger partial charge in [0.2, 0.25) is 0 Å². The van der Waals surface area contributed by atoms with Crippen LogP contribution in [0, 0.1) is 6.92 Å². The van der Waals surface area contributed by atoms with Crippen LogP contribution in [0.3, 0.4) is 0 Å². The summed E-state index contributed by atoms with van der Waals surface area (Å²) in [5.41, 5.74) is 1.39. The van der Waals surface area contributed by atoms with Gasteiger partial charge in [0, 0.05) is 25.7 Å². The number of ether oxygens (including phenoxy) is 1. The number of nitrogens with zero attached hydrogens (tertiary/aromatic N) is 3. The van der Waals surface area contributed by atoms with E-state index >= 15 is 0 Å². The van der Waals surface area contributed by atoms with Crippen molar-refractivity contribution >= 4 is 11.6 Å². The first-order valence-electron chi connectivity index (χ1n) is 7.54. The Balaban J connectivity index is 1.89. The minimum Gasteiger partial charge on any atom is -0.367 e. The van der Waals surface area contributed by atoms with Crippen molar-refractivity contribution in [3.63, 3.8) is 0 Å². The zero-order valence-electron chi connectivity index (χ0n) is 13.5. The summed E-state index contributed by atoms with van der Waals surface area (Å²) in [4.78, 5) is 21.2. The number of anilines is 1. The monoisotopic (exact) mass is 322 g/mol. The number of methoxy groups -OCH3 is 1. The van der Waals surface area contributed by atoms with Crippen molar-refractivity contribution in [3.05, 3.63) is 72.4 Å². The molecule has 2 heterocycles. The van der Waals surface area contributed by atoms with Gasteiger partial charge in [-0.05, 0) is 24.6 Å². The van der Waals surface area contributed by atoms with E-state index in [0.717, 1.165) is 11.4 Å². The van der Waals surface area contributed by atoms with Gasteiger partial charge >= 0.3 is 0 Å². The van der Waals surface area contributed by atoms with E-state index in [2.05, 4.69) is 15.3 Å². The fourth-order valence-corrected chi connectivity index (χ4v) is 2.51. The standard InChI is InChI=1S/C18H18N4O2/c1-13-19-11-12-22(13)17-15(9-6-10-20-17)21-18(23)16(24-2)14-7-4-3-5-8-14/h3-12,16H,1-2H3,(H,21,23). The van der Waals surface area contributed by atoms with E-state index < -0.39 is 6.10 Å². The molecule has 24 heavy (non-hydrogen) atoms. The topological polar surface area (TPSA) is 69.0 Å². The second kappa shape index (κ2) is 7.06. The summed E-state index contributed by atoms with van der Waals surface area (Å²) < 4.78 is 7.19. The van der Waals surface area contributed by atoms with Crippen LogP contribution in [-0.2, 0) is 9.53 Å². The minimum absolute atomic E-state index is 0.254. The number of carbonyl (C=O) groups excluding carboxylic acids is 1. The van der Waals surface area contributed by atoms with Crippen molar-refractivity contribution in [1.29, 1.82) is 0 Å². The quantitative estimate of drug-likeness (QED) is 0.784. The molecule has 0 spiro atoms. The minimum atomic E-state index is -0.692. The van der Waals surface area contributed by atoms with Gasteiger partial charge in [-0.25, -0.2) is 9.97 Å². The SMILES string of the molecule is COC(C(=O)Nc1cccnc1-n1ccnc1C)c1ccccc1. The predicted octanol–water partition coefficient (Wildman–Crippen LogP) is 2.90. The first-order chi connectivity index (χ1) is 11.7. The lowest BCUT2D eigenvalue weighted by atomic mass is 10.1. The average Bonchev–Trinajstić information content (AvgIpc) is 3.03. The zero-order chi connectivity index (χ0) is 16.9. The number of pyridine rings is 1. The molecular weight excluding hydrogens is 304 g/mol. The largest absolute Gasteiger partial charge is 0.367 e. The van der Waals surface area contributed by atoms with Gasteiger partial charge in [0.1, 0.15) is 5.82 Å². The highest BCUT2D eigenvalue weighted by Crippen LogP contribution is 2.22. The molecule has 1 amide bonds. The molecule has 0 fully saturated rings. The van der Waals surface area contributed by atoms with Crippen molar-refractivity contribution in [3.8, 4) is 5.82 Å². The molecular formula is C18H18N4O2. The van der Waals surface area contributed by atoms with Crippen LogP contribution < -0.4 is 5.32 Å². The van der Waals surface area contributed by atoms with Gasteiger partial charge in [0.05, 0.1) is 5.69 Å². The zero-order valence-corrected chi connectivity index (χ0v) is 13.5. The van der Waals surface area contributed by atoms with Crippen LogP contribution in [-0.4, -0.2) is 27.6 Å². The highest BCUT2D eigenvalue weighted by Gasteiger charge is 2.21. The van der Waals surface area contributed by atoms with Gasteiger partial charge in [0.25, 0.3) is 5.91 Å². The van der Waals surface area contributed by atoms with Crippen molar-refractivity contribution < 1.29 is 9.53 Å². The van der Waals surface area contributed by atoms with Crippen LogP contribution >= 0.6 is 0 Å². The van der Waals surface area contributed by atoms with Gasteiger partial charge in [0.15, 0.2) is 11.9 Å². The van der Waals surface area contributed by atoms with Gasteiger partial charge in [-0.1, -0.05) is 30.3 Å². The van der Waals surface area contributed by atoms with Crippen molar-refractivity contribution in [2.75, 3.05) is 12.4 Å². The molecule has 0 aliphatic rings. The van der Waals surface area contributed by atoms with Crippen LogP contribution in [0.2, 0.25) is 0 Å². The highest BCUT2D eigenvalue weighted by atomic mass is 16.5. The predicted molar refractivity (Wildman–Crippen MR) is 90.9 cm³/mol. The van der Waals surface area contributed by atoms with Crippen LogP contribution in [0.1, 0.15) is 17.5 Å². The smallest absolute Gasteiger partial charge is 0.258 e. The third-order valence-electron chi connectivity index (χ3n) is 3.67. The molecule has 1 unspecified atom stereocenters. The molecule has 1 aromatic carbocycles. The Hall–Kier alpha value is -2.99. The summed E-state index contributed by atoms with van der Waals surface area (Å²) >= 11 is 0. The number of imidazole rings is 1. The van der Waals surface area contributed by atoms with Gasteiger partial charge < -0.3 is 10.1 Å². The molecule has 122 valence electrons. The summed E-state index contributed by atoms with van der Waals surface area (Å²) in [6.07, 6.45) is 4.48. The van der Waals surface area contributed by atoms with E-state index in [4.69, 9.17) is 4.74 Å². The van der Waals surface area contributed by atoms with E-state index in [1.807, 2.05) is 41.8 Å². The van der Waals surface area contributed by atoms with Crippen molar-refractivity contribution in [2.45, 2.75) is 13.0 Å². The van der Waals surface area contributed by atoms with E-state index in [1.54, 1.807) is 30.7 Å². The van der Waals surface area contributed by atoms with Gasteiger partial charge in [-0.15, -0.1) is 0 Å². The first kappa shape index (κ1) is 15.9. The summed E-state index contributed by atoms with van der Waals surface area (Å²) in [6.45, 7) is 1.88. The molecule has 0 saturated carbocycles. The van der Waals surface area contributed by atoms with E-state index in [-0.39, 0.29) is 5.91 Å². The lowest BCUT2D eigenvalue weighted by Crippen LogP contribution is -2.23. The Morgan fingerprint density at radius 1 is 1.12 bits per heavy atom. The molecule has 6 nitrogen and oxygen atoms in total. The number of nitrogens with one attached hydrogen (secondary N) is 1. The molecule has 1 atom stereocenters. The van der Waals surface area contributed by atoms with Crippen LogP contribution in [0.4, 0.5) is 5.69 Å².